The van der Waals surface area contributed by atoms with E-state index in [1.165, 1.54) is 0 Å². The Labute approximate surface area is 146 Å². The van der Waals surface area contributed by atoms with E-state index in [0.717, 1.165) is 28.0 Å². The summed E-state index contributed by atoms with van der Waals surface area (Å²) in [4.78, 5) is 0. The molecule has 25 heavy (non-hydrogen) atoms. The van der Waals surface area contributed by atoms with Gasteiger partial charge in [0.2, 0.25) is 5.89 Å². The Kier molecular flexibility index (Phi) is 4.27. The van der Waals surface area contributed by atoms with Crippen LogP contribution in [0.15, 0.2) is 41.3 Å². The molecule has 6 nitrogen and oxygen atoms in total. The van der Waals surface area contributed by atoms with Crippen molar-refractivity contribution in [1.29, 1.82) is 0 Å². The summed E-state index contributed by atoms with van der Waals surface area (Å²) in [5.41, 5.74) is 4.90. The Morgan fingerprint density at radius 3 is 2.44 bits per heavy atom. The van der Waals surface area contributed by atoms with Crippen LogP contribution >= 0.6 is 0 Å². The Bertz CT molecular complexity index is 956. The lowest BCUT2D eigenvalue weighted by molar-refractivity contribution is 0.467. The number of nitrogens with zero attached hydrogens (tertiary/aromatic N) is 4. The number of aryl methyl sites for hydroxylation is 3. The molecule has 6 heteroatoms. The van der Waals surface area contributed by atoms with Crippen LogP contribution in [0, 0.1) is 13.8 Å². The fourth-order valence-corrected chi connectivity index (χ4v) is 2.73. The van der Waals surface area contributed by atoms with Crippen LogP contribution in [0.25, 0.3) is 28.6 Å². The number of allylic oxidation sites excluding steroid dienone is 3. The molecule has 0 saturated carbocycles. The fraction of sp³-hybridized carbons (Fsp3) is 0.211. The molecule has 0 aliphatic heterocycles. The summed E-state index contributed by atoms with van der Waals surface area (Å²) in [7, 11) is 1.86. The van der Waals surface area contributed by atoms with E-state index in [9.17, 15) is 5.11 Å². The largest absolute Gasteiger partial charge is 0.507 e. The lowest BCUT2D eigenvalue weighted by Gasteiger charge is -2.04. The molecule has 0 radical (unpaired) electrons. The zero-order chi connectivity index (χ0) is 18.1. The normalized spacial score (nSPS) is 11.8. The first-order chi connectivity index (χ1) is 11.9. The maximum atomic E-state index is 9.90. The monoisotopic (exact) mass is 336 g/mol. The molecule has 0 aliphatic carbocycles. The van der Waals surface area contributed by atoms with E-state index in [1.54, 1.807) is 10.8 Å². The van der Waals surface area contributed by atoms with Crippen molar-refractivity contribution in [3.63, 3.8) is 0 Å². The average molecular weight is 336 g/mol. The zero-order valence-electron chi connectivity index (χ0n) is 14.7. The summed E-state index contributed by atoms with van der Waals surface area (Å²) < 4.78 is 7.56. The van der Waals surface area contributed by atoms with Gasteiger partial charge in [0.15, 0.2) is 0 Å². The van der Waals surface area contributed by atoms with Crippen LogP contribution in [0.2, 0.25) is 0 Å². The molecule has 3 rings (SSSR count). The standard InChI is InChI=1S/C19H20N4O2/c1-6-7-11(2)16-10-15(22-23(16)5)19-21-20-18(25-19)14-8-12(3)17(24)13(4)9-14/h6-10,24H,1H2,2-5H3. The Balaban J connectivity index is 1.99. The second kappa shape index (κ2) is 6.39. The van der Waals surface area contributed by atoms with Crippen LogP contribution in [0.3, 0.4) is 0 Å². The van der Waals surface area contributed by atoms with Gasteiger partial charge in [-0.05, 0) is 55.7 Å². The molecule has 0 saturated heterocycles. The third-order valence-electron chi connectivity index (χ3n) is 4.03. The number of phenolic OH excluding ortho intramolecular Hbond substituents is 1. The highest BCUT2D eigenvalue weighted by Gasteiger charge is 2.16. The van der Waals surface area contributed by atoms with Crippen molar-refractivity contribution in [1.82, 2.24) is 20.0 Å². The van der Waals surface area contributed by atoms with Crippen LogP contribution in [0.4, 0.5) is 0 Å². The summed E-state index contributed by atoms with van der Waals surface area (Å²) in [6.45, 7) is 9.38. The number of hydrogen-bond donors (Lipinski definition) is 1. The van der Waals surface area contributed by atoms with Gasteiger partial charge in [0.25, 0.3) is 5.89 Å². The van der Waals surface area contributed by atoms with Gasteiger partial charge in [0, 0.05) is 12.6 Å². The van der Waals surface area contributed by atoms with Gasteiger partial charge in [-0.15, -0.1) is 10.2 Å². The minimum absolute atomic E-state index is 0.280. The van der Waals surface area contributed by atoms with Crippen molar-refractivity contribution in [2.75, 3.05) is 0 Å². The first-order valence-electron chi connectivity index (χ1n) is 7.89. The van der Waals surface area contributed by atoms with Gasteiger partial charge in [-0.3, -0.25) is 4.68 Å². The average Bonchev–Trinajstić information content (AvgIpc) is 3.19. The van der Waals surface area contributed by atoms with Gasteiger partial charge < -0.3 is 9.52 Å². The first kappa shape index (κ1) is 16.7. The highest BCUT2D eigenvalue weighted by molar-refractivity contribution is 5.67. The van der Waals surface area contributed by atoms with Crippen LogP contribution in [-0.4, -0.2) is 25.1 Å². The molecule has 1 N–H and O–H groups in total. The molecule has 1 aromatic carbocycles. The van der Waals surface area contributed by atoms with Gasteiger partial charge in [0.1, 0.15) is 11.4 Å². The number of benzene rings is 1. The smallest absolute Gasteiger partial charge is 0.268 e. The molecular weight excluding hydrogens is 316 g/mol. The molecule has 0 aliphatic rings. The second-order valence-electron chi connectivity index (χ2n) is 5.99. The molecule has 0 amide bonds. The van der Waals surface area contributed by atoms with E-state index in [1.807, 2.05) is 52.1 Å². The molecule has 0 spiro atoms. The van der Waals surface area contributed by atoms with Crippen molar-refractivity contribution in [3.05, 3.63) is 53.8 Å². The Morgan fingerprint density at radius 1 is 1.16 bits per heavy atom. The van der Waals surface area contributed by atoms with Crippen LogP contribution in [0.5, 0.6) is 5.75 Å². The quantitative estimate of drug-likeness (QED) is 0.727. The van der Waals surface area contributed by atoms with E-state index < -0.39 is 0 Å². The summed E-state index contributed by atoms with van der Waals surface area (Å²) in [5, 5.41) is 22.6. The topological polar surface area (TPSA) is 77.0 Å². The Hall–Kier alpha value is -3.15. The molecule has 2 aromatic heterocycles. The van der Waals surface area contributed by atoms with Crippen molar-refractivity contribution in [2.45, 2.75) is 20.8 Å². The predicted octanol–water partition coefficient (Wildman–Crippen LogP) is 4.05. The van der Waals surface area contributed by atoms with E-state index in [2.05, 4.69) is 21.9 Å². The maximum absolute atomic E-state index is 9.90. The molecule has 0 bridgehead atoms. The van der Waals surface area contributed by atoms with E-state index >= 15 is 0 Å². The zero-order valence-corrected chi connectivity index (χ0v) is 14.7. The lowest BCUT2D eigenvalue weighted by Crippen LogP contribution is -1.95. The van der Waals surface area contributed by atoms with Crippen molar-refractivity contribution in [3.8, 4) is 28.8 Å². The molecule has 0 atom stereocenters. The molecular formula is C19H20N4O2. The molecule has 128 valence electrons. The molecule has 0 unspecified atom stereocenters. The number of aromatic nitrogens is 4. The van der Waals surface area contributed by atoms with Crippen LogP contribution in [0.1, 0.15) is 23.7 Å². The van der Waals surface area contributed by atoms with Gasteiger partial charge in [0.05, 0.1) is 5.69 Å². The highest BCUT2D eigenvalue weighted by atomic mass is 16.4. The minimum atomic E-state index is 0.280. The Morgan fingerprint density at radius 2 is 1.80 bits per heavy atom. The molecule has 0 fully saturated rings. The summed E-state index contributed by atoms with van der Waals surface area (Å²) in [6, 6.07) is 5.54. The van der Waals surface area contributed by atoms with Crippen LogP contribution in [-0.2, 0) is 7.05 Å². The van der Waals surface area contributed by atoms with E-state index in [0.29, 0.717) is 17.5 Å². The maximum Gasteiger partial charge on any atom is 0.268 e. The highest BCUT2D eigenvalue weighted by Crippen LogP contribution is 2.30. The number of hydrogen-bond acceptors (Lipinski definition) is 5. The first-order valence-corrected chi connectivity index (χ1v) is 7.89. The third-order valence-corrected chi connectivity index (χ3v) is 4.03. The number of rotatable bonds is 4. The van der Waals surface area contributed by atoms with Gasteiger partial charge >= 0.3 is 0 Å². The summed E-state index contributed by atoms with van der Waals surface area (Å²) in [6.07, 6.45) is 3.66. The predicted molar refractivity (Wildman–Crippen MR) is 96.9 cm³/mol. The SMILES string of the molecule is C=CC=C(C)c1cc(-c2nnc(-c3cc(C)c(O)c(C)c3)o2)nn1C. The van der Waals surface area contributed by atoms with Gasteiger partial charge in [-0.1, -0.05) is 18.7 Å². The molecule has 2 heterocycles. The third kappa shape index (κ3) is 3.10. The number of aromatic hydroxyl groups is 1. The molecule has 3 aromatic rings. The number of phenols is 1. The van der Waals surface area contributed by atoms with Crippen molar-refractivity contribution < 1.29 is 9.52 Å². The summed E-state index contributed by atoms with van der Waals surface area (Å²) >= 11 is 0. The van der Waals surface area contributed by atoms with Crippen molar-refractivity contribution in [2.24, 2.45) is 7.05 Å². The fourth-order valence-electron chi connectivity index (χ4n) is 2.73. The van der Waals surface area contributed by atoms with E-state index in [4.69, 9.17) is 4.42 Å². The van der Waals surface area contributed by atoms with E-state index in [-0.39, 0.29) is 5.75 Å². The van der Waals surface area contributed by atoms with Crippen LogP contribution < -0.4 is 0 Å². The summed E-state index contributed by atoms with van der Waals surface area (Å²) in [5.74, 6) is 1.03. The minimum Gasteiger partial charge on any atom is -0.507 e. The second-order valence-corrected chi connectivity index (χ2v) is 5.99. The lowest BCUT2D eigenvalue weighted by atomic mass is 10.1. The van der Waals surface area contributed by atoms with Gasteiger partial charge in [-0.25, -0.2) is 0 Å². The van der Waals surface area contributed by atoms with Crippen molar-refractivity contribution >= 4 is 5.57 Å². The van der Waals surface area contributed by atoms with Gasteiger partial charge in [-0.2, -0.15) is 5.10 Å².